The standard InChI is InChI=1S/C3H2BrNO/c4-3-1-6-2-5-3/h1-2H. The smallest absolute Gasteiger partial charge is 0.181 e. The van der Waals surface area contributed by atoms with Crippen molar-refractivity contribution in [2.24, 2.45) is 0 Å². The van der Waals surface area contributed by atoms with Gasteiger partial charge in [0.05, 0.1) is 0 Å². The van der Waals surface area contributed by atoms with E-state index in [9.17, 15) is 0 Å². The zero-order valence-electron chi connectivity index (χ0n) is 2.89. The first kappa shape index (κ1) is 3.87. The number of hydrogen-bond acceptors (Lipinski definition) is 2. The van der Waals surface area contributed by atoms with Gasteiger partial charge in [0.2, 0.25) is 0 Å². The maximum Gasteiger partial charge on any atom is 0.181 e. The van der Waals surface area contributed by atoms with Crippen LogP contribution in [0.5, 0.6) is 0 Å². The van der Waals surface area contributed by atoms with Crippen LogP contribution in [0.15, 0.2) is 21.7 Å². The van der Waals surface area contributed by atoms with Crippen molar-refractivity contribution in [3.05, 3.63) is 17.3 Å². The molecule has 0 atom stereocenters. The van der Waals surface area contributed by atoms with Gasteiger partial charge in [0.15, 0.2) is 6.39 Å². The summed E-state index contributed by atoms with van der Waals surface area (Å²) in [5.74, 6) is 0. The number of nitrogens with zero attached hydrogens (tertiary/aromatic N) is 1. The third-order valence-electron chi connectivity index (χ3n) is 0.402. The van der Waals surface area contributed by atoms with E-state index in [1.807, 2.05) is 0 Å². The quantitative estimate of drug-likeness (QED) is 0.556. The van der Waals surface area contributed by atoms with E-state index >= 15 is 0 Å². The van der Waals surface area contributed by atoms with Crippen molar-refractivity contribution in [1.29, 1.82) is 0 Å². The Morgan fingerprint density at radius 2 is 2.67 bits per heavy atom. The molecule has 0 aliphatic carbocycles. The molecule has 0 saturated heterocycles. The summed E-state index contributed by atoms with van der Waals surface area (Å²) in [7, 11) is 0. The van der Waals surface area contributed by atoms with Crippen LogP contribution < -0.4 is 0 Å². The van der Waals surface area contributed by atoms with Crippen LogP contribution in [0.1, 0.15) is 0 Å². The minimum atomic E-state index is 0.738. The van der Waals surface area contributed by atoms with Crippen LogP contribution in [0.25, 0.3) is 0 Å². The van der Waals surface area contributed by atoms with E-state index in [0.717, 1.165) is 4.60 Å². The molecule has 0 N–H and O–H groups in total. The van der Waals surface area contributed by atoms with Gasteiger partial charge in [0, 0.05) is 0 Å². The van der Waals surface area contributed by atoms with Gasteiger partial charge in [-0.3, -0.25) is 0 Å². The van der Waals surface area contributed by atoms with Gasteiger partial charge in [-0.15, -0.1) is 0 Å². The molecule has 0 bridgehead atoms. The molecule has 32 valence electrons. The van der Waals surface area contributed by atoms with Crippen LogP contribution in [-0.2, 0) is 0 Å². The van der Waals surface area contributed by atoms with Crippen molar-refractivity contribution in [2.75, 3.05) is 0 Å². The second-order valence-electron chi connectivity index (χ2n) is 0.811. The first-order valence-electron chi connectivity index (χ1n) is 1.43. The number of oxazole rings is 1. The second-order valence-corrected chi connectivity index (χ2v) is 1.62. The zero-order valence-corrected chi connectivity index (χ0v) is 4.47. The molecule has 0 radical (unpaired) electrons. The summed E-state index contributed by atoms with van der Waals surface area (Å²) in [6.07, 6.45) is 2.88. The summed E-state index contributed by atoms with van der Waals surface area (Å²) in [5, 5.41) is 0. The lowest BCUT2D eigenvalue weighted by Gasteiger charge is -1.58. The third kappa shape index (κ3) is 0.597. The second kappa shape index (κ2) is 1.43. The van der Waals surface area contributed by atoms with Crippen LogP contribution in [-0.4, -0.2) is 4.98 Å². The SMILES string of the molecule is Brc1cocn1. The fourth-order valence-electron chi connectivity index (χ4n) is 0.198. The predicted octanol–water partition coefficient (Wildman–Crippen LogP) is 1.44. The third-order valence-corrected chi connectivity index (χ3v) is 0.794. The van der Waals surface area contributed by atoms with E-state index in [1.165, 1.54) is 12.7 Å². The first-order chi connectivity index (χ1) is 2.89. The number of hydrogen-bond donors (Lipinski definition) is 0. The Morgan fingerprint density at radius 3 is 2.83 bits per heavy atom. The molecule has 6 heavy (non-hydrogen) atoms. The van der Waals surface area contributed by atoms with Gasteiger partial charge >= 0.3 is 0 Å². The van der Waals surface area contributed by atoms with Crippen molar-refractivity contribution >= 4 is 15.9 Å². The van der Waals surface area contributed by atoms with E-state index in [0.29, 0.717) is 0 Å². The lowest BCUT2D eigenvalue weighted by atomic mass is 11.0. The highest BCUT2D eigenvalue weighted by atomic mass is 79.9. The van der Waals surface area contributed by atoms with Crippen molar-refractivity contribution in [1.82, 2.24) is 4.98 Å². The average Bonchev–Trinajstić information content (AvgIpc) is 1.86. The van der Waals surface area contributed by atoms with Crippen LogP contribution in [0, 0.1) is 0 Å². The molecular weight excluding hydrogens is 146 g/mol. The average molecular weight is 148 g/mol. The van der Waals surface area contributed by atoms with Gasteiger partial charge in [-0.1, -0.05) is 0 Å². The summed E-state index contributed by atoms with van der Waals surface area (Å²) in [6, 6.07) is 0. The van der Waals surface area contributed by atoms with Crippen LogP contribution in [0.2, 0.25) is 0 Å². The molecule has 0 aliphatic heterocycles. The molecule has 1 rings (SSSR count). The minimum Gasteiger partial charge on any atom is -0.451 e. The number of rotatable bonds is 0. The monoisotopic (exact) mass is 147 g/mol. The molecule has 0 spiro atoms. The minimum absolute atomic E-state index is 0.738. The lowest BCUT2D eigenvalue weighted by Crippen LogP contribution is -1.50. The van der Waals surface area contributed by atoms with E-state index in [2.05, 4.69) is 25.3 Å². The highest BCUT2D eigenvalue weighted by molar-refractivity contribution is 9.10. The molecule has 0 saturated carbocycles. The molecule has 1 heterocycles. The molecule has 0 aliphatic rings. The van der Waals surface area contributed by atoms with E-state index in [-0.39, 0.29) is 0 Å². The van der Waals surface area contributed by atoms with E-state index in [1.54, 1.807) is 0 Å². The maximum atomic E-state index is 4.56. The Hall–Kier alpha value is -0.310. The number of halogens is 1. The van der Waals surface area contributed by atoms with Crippen LogP contribution >= 0.6 is 15.9 Å². The zero-order chi connectivity index (χ0) is 4.41. The molecule has 3 heteroatoms. The predicted molar refractivity (Wildman–Crippen MR) is 24.2 cm³/mol. The van der Waals surface area contributed by atoms with Crippen molar-refractivity contribution < 1.29 is 4.42 Å². The van der Waals surface area contributed by atoms with Gasteiger partial charge < -0.3 is 4.42 Å². The van der Waals surface area contributed by atoms with Gasteiger partial charge in [0.1, 0.15) is 10.9 Å². The van der Waals surface area contributed by atoms with Crippen molar-refractivity contribution in [3.63, 3.8) is 0 Å². The van der Waals surface area contributed by atoms with Gasteiger partial charge in [-0.05, 0) is 15.9 Å². The summed E-state index contributed by atoms with van der Waals surface area (Å²) < 4.78 is 5.29. The van der Waals surface area contributed by atoms with Gasteiger partial charge in [-0.25, -0.2) is 4.98 Å². The molecule has 0 unspecified atom stereocenters. The first-order valence-corrected chi connectivity index (χ1v) is 2.22. The molecule has 0 fully saturated rings. The summed E-state index contributed by atoms with van der Waals surface area (Å²) in [4.78, 5) is 3.67. The normalized spacial score (nSPS) is 8.83. The molecule has 2 nitrogen and oxygen atoms in total. The van der Waals surface area contributed by atoms with Gasteiger partial charge in [0.25, 0.3) is 0 Å². The summed E-state index contributed by atoms with van der Waals surface area (Å²) in [5.41, 5.74) is 0. The Morgan fingerprint density at radius 1 is 1.83 bits per heavy atom. The fraction of sp³-hybridized carbons (Fsp3) is 0. The molecule has 1 aromatic rings. The topological polar surface area (TPSA) is 26.0 Å². The Labute approximate surface area is 43.3 Å². The molecule has 0 amide bonds. The van der Waals surface area contributed by atoms with Gasteiger partial charge in [-0.2, -0.15) is 0 Å². The van der Waals surface area contributed by atoms with E-state index < -0.39 is 0 Å². The van der Waals surface area contributed by atoms with Crippen molar-refractivity contribution in [3.8, 4) is 0 Å². The van der Waals surface area contributed by atoms with Crippen LogP contribution in [0.4, 0.5) is 0 Å². The van der Waals surface area contributed by atoms with Crippen molar-refractivity contribution in [2.45, 2.75) is 0 Å². The number of aromatic nitrogens is 1. The highest BCUT2D eigenvalue weighted by Crippen LogP contribution is 2.01. The molecule has 1 aromatic heterocycles. The fourth-order valence-corrected chi connectivity index (χ4v) is 0.389. The largest absolute Gasteiger partial charge is 0.451 e. The maximum absolute atomic E-state index is 4.56. The van der Waals surface area contributed by atoms with Crippen LogP contribution in [0.3, 0.4) is 0 Å². The Bertz CT molecular complexity index is 114. The molecule has 0 aromatic carbocycles. The summed E-state index contributed by atoms with van der Waals surface area (Å²) >= 11 is 3.08. The van der Waals surface area contributed by atoms with E-state index in [4.69, 9.17) is 0 Å². The highest BCUT2D eigenvalue weighted by Gasteiger charge is 1.80. The Kier molecular flexibility index (Phi) is 0.919. The molecular formula is C3H2BrNO. The Balaban J connectivity index is 3.05. The summed E-state index contributed by atoms with van der Waals surface area (Å²) in [6.45, 7) is 0. The lowest BCUT2D eigenvalue weighted by molar-refractivity contribution is 0.557.